The van der Waals surface area contributed by atoms with Crippen molar-refractivity contribution in [2.45, 2.75) is 6.42 Å². The number of hydrogen-bond acceptors (Lipinski definition) is 4. The molecule has 5 heteroatoms. The van der Waals surface area contributed by atoms with Gasteiger partial charge >= 0.3 is 0 Å². The molecule has 0 radical (unpaired) electrons. The molecule has 98 valence electrons. The summed E-state index contributed by atoms with van der Waals surface area (Å²) in [5.74, 6) is 2.22. The number of halogens is 1. The van der Waals surface area contributed by atoms with Gasteiger partial charge in [-0.2, -0.15) is 0 Å². The van der Waals surface area contributed by atoms with Crippen LogP contribution in [0.1, 0.15) is 6.42 Å². The lowest BCUT2D eigenvalue weighted by Gasteiger charge is -2.20. The van der Waals surface area contributed by atoms with Crippen LogP contribution >= 0.6 is 15.9 Å². The topological polar surface area (TPSA) is 39.7 Å². The highest BCUT2D eigenvalue weighted by molar-refractivity contribution is 9.10. The van der Waals surface area contributed by atoms with Crippen LogP contribution in [0.5, 0.6) is 11.5 Å². The minimum Gasteiger partial charge on any atom is -0.486 e. The maximum Gasteiger partial charge on any atom is 0.163 e. The Morgan fingerprint density at radius 3 is 2.67 bits per heavy atom. The second-order valence-corrected chi connectivity index (χ2v) is 5.44. The Kier molecular flexibility index (Phi) is 3.61. The van der Waals surface area contributed by atoms with Crippen LogP contribution in [0.25, 0.3) is 0 Å². The Morgan fingerprint density at radius 2 is 1.94 bits per heavy atom. The lowest BCUT2D eigenvalue weighted by atomic mass is 10.1. The number of fused-ring (bicyclic) bond motifs is 1. The van der Waals surface area contributed by atoms with Crippen molar-refractivity contribution in [1.29, 1.82) is 0 Å². The average molecular weight is 314 g/mol. The van der Waals surface area contributed by atoms with Gasteiger partial charge in [-0.05, 0) is 22.4 Å². The third-order valence-corrected chi connectivity index (χ3v) is 3.89. The summed E-state index contributed by atoms with van der Waals surface area (Å²) >= 11 is 3.56. The zero-order valence-corrected chi connectivity index (χ0v) is 11.7. The highest BCUT2D eigenvalue weighted by Crippen LogP contribution is 2.38. The molecule has 1 aromatic rings. The van der Waals surface area contributed by atoms with Crippen LogP contribution in [-0.2, 0) is 4.74 Å². The molecule has 1 N–H and O–H groups in total. The minimum atomic E-state index is 0.602. The van der Waals surface area contributed by atoms with Crippen molar-refractivity contribution in [2.24, 2.45) is 5.92 Å². The molecule has 1 aromatic carbocycles. The van der Waals surface area contributed by atoms with E-state index < -0.39 is 0 Å². The van der Waals surface area contributed by atoms with Gasteiger partial charge in [0.2, 0.25) is 0 Å². The normalized spacial score (nSPS) is 21.9. The van der Waals surface area contributed by atoms with Gasteiger partial charge in [0, 0.05) is 35.7 Å². The molecular formula is C13H16BrNO3. The van der Waals surface area contributed by atoms with E-state index in [1.54, 1.807) is 0 Å². The van der Waals surface area contributed by atoms with E-state index in [2.05, 4.69) is 21.2 Å². The monoisotopic (exact) mass is 313 g/mol. The van der Waals surface area contributed by atoms with E-state index in [4.69, 9.17) is 14.2 Å². The summed E-state index contributed by atoms with van der Waals surface area (Å²) in [6.45, 7) is 3.90. The van der Waals surface area contributed by atoms with Crippen LogP contribution in [0, 0.1) is 5.92 Å². The molecule has 0 aliphatic carbocycles. The van der Waals surface area contributed by atoms with E-state index in [1.165, 1.54) is 0 Å². The van der Waals surface area contributed by atoms with Crippen molar-refractivity contribution < 1.29 is 14.2 Å². The zero-order chi connectivity index (χ0) is 12.4. The molecule has 0 saturated carbocycles. The maximum atomic E-state index is 5.58. The molecule has 1 fully saturated rings. The number of ether oxygens (including phenoxy) is 3. The fourth-order valence-corrected chi connectivity index (χ4v) is 2.66. The van der Waals surface area contributed by atoms with E-state index in [-0.39, 0.29) is 0 Å². The Labute approximate surface area is 115 Å². The average Bonchev–Trinajstić information content (AvgIpc) is 2.89. The van der Waals surface area contributed by atoms with Gasteiger partial charge in [-0.25, -0.2) is 0 Å². The third kappa shape index (κ3) is 2.57. The van der Waals surface area contributed by atoms with Crippen LogP contribution in [0.4, 0.5) is 5.69 Å². The first-order chi connectivity index (χ1) is 8.83. The van der Waals surface area contributed by atoms with Crippen molar-refractivity contribution in [3.8, 4) is 11.5 Å². The number of benzene rings is 1. The number of nitrogens with one attached hydrogen (secondary N) is 1. The molecule has 2 heterocycles. The summed E-state index contributed by atoms with van der Waals surface area (Å²) in [5.41, 5.74) is 1.05. The molecule has 1 saturated heterocycles. The lowest BCUT2D eigenvalue weighted by molar-refractivity contribution is 0.171. The summed E-state index contributed by atoms with van der Waals surface area (Å²) in [5, 5.41) is 3.44. The molecule has 1 unspecified atom stereocenters. The van der Waals surface area contributed by atoms with Crippen LogP contribution < -0.4 is 14.8 Å². The van der Waals surface area contributed by atoms with Gasteiger partial charge in [0.25, 0.3) is 0 Å². The van der Waals surface area contributed by atoms with E-state index in [1.807, 2.05) is 12.1 Å². The van der Waals surface area contributed by atoms with E-state index in [0.717, 1.165) is 47.8 Å². The summed E-state index contributed by atoms with van der Waals surface area (Å²) in [6.07, 6.45) is 1.13. The molecule has 3 rings (SSSR count). The molecular weight excluding hydrogens is 298 g/mol. The molecule has 1 atom stereocenters. The number of hydrogen-bond donors (Lipinski definition) is 1. The van der Waals surface area contributed by atoms with Crippen LogP contribution in [0.2, 0.25) is 0 Å². The van der Waals surface area contributed by atoms with Gasteiger partial charge in [0.1, 0.15) is 13.2 Å². The Morgan fingerprint density at radius 1 is 1.17 bits per heavy atom. The Balaban J connectivity index is 1.70. The van der Waals surface area contributed by atoms with Gasteiger partial charge in [-0.3, -0.25) is 0 Å². The predicted octanol–water partition coefficient (Wildman–Crippen LogP) is 2.67. The van der Waals surface area contributed by atoms with E-state index >= 15 is 0 Å². The standard InChI is InChI=1S/C13H16BrNO3/c14-10-5-12-13(18-4-3-17-12)6-11(10)15-7-9-1-2-16-8-9/h5-6,9,15H,1-4,7-8H2. The summed E-state index contributed by atoms with van der Waals surface area (Å²) in [7, 11) is 0. The number of rotatable bonds is 3. The Bertz CT molecular complexity index is 432. The minimum absolute atomic E-state index is 0.602. The first kappa shape index (κ1) is 12.1. The summed E-state index contributed by atoms with van der Waals surface area (Å²) in [6, 6.07) is 3.95. The molecule has 4 nitrogen and oxygen atoms in total. The van der Waals surface area contributed by atoms with Gasteiger partial charge < -0.3 is 19.5 Å². The molecule has 0 spiro atoms. The first-order valence-corrected chi connectivity index (χ1v) is 7.03. The fourth-order valence-electron chi connectivity index (χ4n) is 2.20. The molecule has 0 aromatic heterocycles. The molecule has 0 bridgehead atoms. The van der Waals surface area contributed by atoms with Gasteiger partial charge in [-0.15, -0.1) is 0 Å². The number of anilines is 1. The predicted molar refractivity (Wildman–Crippen MR) is 72.5 cm³/mol. The Hall–Kier alpha value is -0.940. The van der Waals surface area contributed by atoms with Crippen molar-refractivity contribution in [3.63, 3.8) is 0 Å². The first-order valence-electron chi connectivity index (χ1n) is 6.23. The highest BCUT2D eigenvalue weighted by atomic mass is 79.9. The van der Waals surface area contributed by atoms with Crippen molar-refractivity contribution in [2.75, 3.05) is 38.3 Å². The van der Waals surface area contributed by atoms with E-state index in [0.29, 0.717) is 19.1 Å². The van der Waals surface area contributed by atoms with Crippen LogP contribution in [0.15, 0.2) is 16.6 Å². The smallest absolute Gasteiger partial charge is 0.163 e. The largest absolute Gasteiger partial charge is 0.486 e. The lowest BCUT2D eigenvalue weighted by Crippen LogP contribution is -2.17. The molecule has 0 amide bonds. The van der Waals surface area contributed by atoms with Crippen molar-refractivity contribution >= 4 is 21.6 Å². The quantitative estimate of drug-likeness (QED) is 0.931. The summed E-state index contributed by atoms with van der Waals surface area (Å²) in [4.78, 5) is 0. The molecule has 18 heavy (non-hydrogen) atoms. The van der Waals surface area contributed by atoms with Crippen molar-refractivity contribution in [1.82, 2.24) is 0 Å². The fraction of sp³-hybridized carbons (Fsp3) is 0.538. The SMILES string of the molecule is Brc1cc2c(cc1NCC1CCOC1)OCCO2. The maximum absolute atomic E-state index is 5.58. The second kappa shape index (κ2) is 5.36. The van der Waals surface area contributed by atoms with Crippen molar-refractivity contribution in [3.05, 3.63) is 16.6 Å². The highest BCUT2D eigenvalue weighted by Gasteiger charge is 2.18. The van der Waals surface area contributed by atoms with E-state index in [9.17, 15) is 0 Å². The molecule has 2 aliphatic rings. The van der Waals surface area contributed by atoms with Gasteiger partial charge in [-0.1, -0.05) is 0 Å². The van der Waals surface area contributed by atoms with Crippen LogP contribution in [-0.4, -0.2) is 33.0 Å². The van der Waals surface area contributed by atoms with Crippen LogP contribution in [0.3, 0.4) is 0 Å². The second-order valence-electron chi connectivity index (χ2n) is 4.59. The zero-order valence-electron chi connectivity index (χ0n) is 10.1. The van der Waals surface area contributed by atoms with Gasteiger partial charge in [0.05, 0.1) is 12.3 Å². The summed E-state index contributed by atoms with van der Waals surface area (Å²) < 4.78 is 17.5. The van der Waals surface area contributed by atoms with Gasteiger partial charge in [0.15, 0.2) is 11.5 Å². The third-order valence-electron chi connectivity index (χ3n) is 3.24. The molecule has 2 aliphatic heterocycles.